The zero-order chi connectivity index (χ0) is 14.5. The number of anilines is 1. The fourth-order valence-corrected chi connectivity index (χ4v) is 3.16. The van der Waals surface area contributed by atoms with E-state index in [1.54, 1.807) is 0 Å². The molecular weight excluding hydrogens is 338 g/mol. The van der Waals surface area contributed by atoms with Crippen LogP contribution in [0.4, 0.5) is 5.69 Å². The maximum Gasteiger partial charge on any atom is 0.119 e. The highest BCUT2D eigenvalue weighted by atomic mass is 79.9. The summed E-state index contributed by atoms with van der Waals surface area (Å²) >= 11 is 3.37. The minimum atomic E-state index is -1.10. The normalized spacial score (nSPS) is 12.1. The van der Waals surface area contributed by atoms with Crippen molar-refractivity contribution in [2.45, 2.75) is 11.8 Å². The second kappa shape index (κ2) is 6.90. The largest absolute Gasteiger partial charge is 0.493 e. The van der Waals surface area contributed by atoms with Crippen LogP contribution in [0, 0.1) is 6.92 Å². The van der Waals surface area contributed by atoms with E-state index >= 15 is 0 Å². The molecule has 0 saturated heterocycles. The molecule has 0 radical (unpaired) electrons. The Morgan fingerprint density at radius 2 is 1.90 bits per heavy atom. The van der Waals surface area contributed by atoms with Crippen molar-refractivity contribution < 1.29 is 8.95 Å². The first-order chi connectivity index (χ1) is 9.58. The van der Waals surface area contributed by atoms with Crippen LogP contribution in [0.25, 0.3) is 0 Å². The van der Waals surface area contributed by atoms with E-state index < -0.39 is 10.8 Å². The zero-order valence-corrected chi connectivity index (χ0v) is 13.5. The molecule has 5 heteroatoms. The van der Waals surface area contributed by atoms with Gasteiger partial charge in [0.1, 0.15) is 12.4 Å². The lowest BCUT2D eigenvalue weighted by molar-refractivity contribution is 0.342. The number of halogens is 1. The van der Waals surface area contributed by atoms with Crippen molar-refractivity contribution in [2.75, 3.05) is 18.1 Å². The molecule has 106 valence electrons. The van der Waals surface area contributed by atoms with Crippen LogP contribution in [-0.2, 0) is 10.8 Å². The van der Waals surface area contributed by atoms with E-state index in [9.17, 15) is 4.21 Å². The number of benzene rings is 2. The molecule has 2 aromatic rings. The summed E-state index contributed by atoms with van der Waals surface area (Å²) in [5.74, 6) is 1.22. The molecule has 0 amide bonds. The molecule has 0 fully saturated rings. The first-order valence-corrected chi connectivity index (χ1v) is 8.31. The van der Waals surface area contributed by atoms with E-state index in [-0.39, 0.29) is 0 Å². The summed E-state index contributed by atoms with van der Waals surface area (Å²) in [7, 11) is -1.10. The molecule has 0 aliphatic rings. The molecule has 2 rings (SSSR count). The number of hydrogen-bond donors (Lipinski definition) is 1. The van der Waals surface area contributed by atoms with Gasteiger partial charge in [0, 0.05) is 15.1 Å². The van der Waals surface area contributed by atoms with Gasteiger partial charge in [0.05, 0.1) is 16.6 Å². The lowest BCUT2D eigenvalue weighted by atomic mass is 10.2. The molecule has 0 aliphatic heterocycles. The Kier molecular flexibility index (Phi) is 5.20. The van der Waals surface area contributed by atoms with Crippen molar-refractivity contribution in [1.82, 2.24) is 0 Å². The van der Waals surface area contributed by atoms with Crippen LogP contribution in [0.15, 0.2) is 51.8 Å². The topological polar surface area (TPSA) is 52.3 Å². The minimum absolute atomic E-state index is 0.405. The van der Waals surface area contributed by atoms with Crippen LogP contribution in [0.2, 0.25) is 0 Å². The average molecular weight is 354 g/mol. The molecule has 0 heterocycles. The van der Waals surface area contributed by atoms with Crippen molar-refractivity contribution >= 4 is 32.4 Å². The Morgan fingerprint density at radius 3 is 2.60 bits per heavy atom. The van der Waals surface area contributed by atoms with Gasteiger partial charge in [-0.05, 0) is 48.9 Å². The van der Waals surface area contributed by atoms with Crippen molar-refractivity contribution in [3.05, 3.63) is 52.5 Å². The van der Waals surface area contributed by atoms with Crippen molar-refractivity contribution in [1.29, 1.82) is 0 Å². The highest BCUT2D eigenvalue weighted by Crippen LogP contribution is 2.20. The maximum absolute atomic E-state index is 12.2. The summed E-state index contributed by atoms with van der Waals surface area (Å²) in [6.07, 6.45) is 0. The van der Waals surface area contributed by atoms with E-state index in [4.69, 9.17) is 10.5 Å². The summed E-state index contributed by atoms with van der Waals surface area (Å²) < 4.78 is 18.8. The minimum Gasteiger partial charge on any atom is -0.493 e. The third-order valence-corrected chi connectivity index (χ3v) is 4.92. The van der Waals surface area contributed by atoms with Gasteiger partial charge >= 0.3 is 0 Å². The summed E-state index contributed by atoms with van der Waals surface area (Å²) in [5, 5.41) is 0. The maximum atomic E-state index is 12.2. The Morgan fingerprint density at radius 1 is 1.20 bits per heavy atom. The van der Waals surface area contributed by atoms with Gasteiger partial charge in [-0.25, -0.2) is 0 Å². The molecule has 2 N–H and O–H groups in total. The molecule has 1 unspecified atom stereocenters. The van der Waals surface area contributed by atoms with Crippen LogP contribution >= 0.6 is 15.9 Å². The fourth-order valence-electron chi connectivity index (χ4n) is 1.75. The van der Waals surface area contributed by atoms with Gasteiger partial charge < -0.3 is 10.5 Å². The van der Waals surface area contributed by atoms with E-state index in [1.165, 1.54) is 0 Å². The van der Waals surface area contributed by atoms with E-state index in [2.05, 4.69) is 15.9 Å². The highest BCUT2D eigenvalue weighted by Gasteiger charge is 2.09. The first-order valence-electron chi connectivity index (χ1n) is 6.20. The van der Waals surface area contributed by atoms with E-state index in [1.807, 2.05) is 49.4 Å². The molecule has 0 aliphatic carbocycles. The average Bonchev–Trinajstić information content (AvgIpc) is 2.44. The Bertz CT molecular complexity index is 614. The third-order valence-electron chi connectivity index (χ3n) is 2.92. The van der Waals surface area contributed by atoms with Gasteiger partial charge in [-0.3, -0.25) is 4.21 Å². The molecular formula is C15H16BrNO2S. The van der Waals surface area contributed by atoms with E-state index in [0.717, 1.165) is 20.7 Å². The quantitative estimate of drug-likeness (QED) is 0.836. The van der Waals surface area contributed by atoms with Gasteiger partial charge in [-0.15, -0.1) is 0 Å². The monoisotopic (exact) mass is 353 g/mol. The first kappa shape index (κ1) is 15.1. The highest BCUT2D eigenvalue weighted by molar-refractivity contribution is 9.10. The summed E-state index contributed by atoms with van der Waals surface area (Å²) in [6.45, 7) is 2.29. The molecule has 2 aromatic carbocycles. The van der Waals surface area contributed by atoms with Crippen LogP contribution < -0.4 is 10.5 Å². The van der Waals surface area contributed by atoms with Gasteiger partial charge in [0.2, 0.25) is 0 Å². The molecule has 20 heavy (non-hydrogen) atoms. The lowest BCUT2D eigenvalue weighted by Crippen LogP contribution is -2.10. The number of nitrogen functional groups attached to an aromatic ring is 1. The smallest absolute Gasteiger partial charge is 0.119 e. The fraction of sp³-hybridized carbons (Fsp3) is 0.200. The van der Waals surface area contributed by atoms with Gasteiger partial charge in [-0.1, -0.05) is 22.0 Å². The third kappa shape index (κ3) is 3.84. The SMILES string of the molecule is Cc1c(N)cccc1S(=O)CCOc1ccc(Br)cc1. The summed E-state index contributed by atoms with van der Waals surface area (Å²) in [5.41, 5.74) is 7.38. The second-order valence-corrected chi connectivity index (χ2v) is 6.78. The van der Waals surface area contributed by atoms with Gasteiger partial charge in [0.25, 0.3) is 0 Å². The number of nitrogens with two attached hydrogens (primary N) is 1. The van der Waals surface area contributed by atoms with Crippen LogP contribution in [0.5, 0.6) is 5.75 Å². The standard InChI is InChI=1S/C15H16BrNO2S/c1-11-14(17)3-2-4-15(11)20(18)10-9-19-13-7-5-12(16)6-8-13/h2-8H,9-10,17H2,1H3. The predicted molar refractivity (Wildman–Crippen MR) is 86.5 cm³/mol. The van der Waals surface area contributed by atoms with Crippen molar-refractivity contribution in [2.24, 2.45) is 0 Å². The zero-order valence-electron chi connectivity index (χ0n) is 11.1. The number of ether oxygens (including phenoxy) is 1. The Hall–Kier alpha value is -1.33. The molecule has 0 spiro atoms. The second-order valence-electron chi connectivity index (χ2n) is 4.32. The molecule has 3 nitrogen and oxygen atoms in total. The lowest BCUT2D eigenvalue weighted by Gasteiger charge is -2.09. The molecule has 1 atom stereocenters. The predicted octanol–water partition coefficient (Wildman–Crippen LogP) is 3.53. The molecule has 0 bridgehead atoms. The number of rotatable bonds is 5. The Balaban J connectivity index is 1.92. The molecule has 0 saturated carbocycles. The summed E-state index contributed by atoms with van der Waals surface area (Å²) in [4.78, 5) is 0.782. The van der Waals surface area contributed by atoms with Crippen LogP contribution in [0.1, 0.15) is 5.56 Å². The van der Waals surface area contributed by atoms with Crippen molar-refractivity contribution in [3.8, 4) is 5.75 Å². The number of hydrogen-bond acceptors (Lipinski definition) is 3. The summed E-state index contributed by atoms with van der Waals surface area (Å²) in [6, 6.07) is 13.1. The molecule has 0 aromatic heterocycles. The van der Waals surface area contributed by atoms with Crippen molar-refractivity contribution in [3.63, 3.8) is 0 Å². The Labute approximate surface area is 129 Å². The van der Waals surface area contributed by atoms with Gasteiger partial charge in [-0.2, -0.15) is 0 Å². The van der Waals surface area contributed by atoms with Gasteiger partial charge in [0.15, 0.2) is 0 Å². The van der Waals surface area contributed by atoms with Crippen LogP contribution in [-0.4, -0.2) is 16.6 Å². The van der Waals surface area contributed by atoms with Crippen LogP contribution in [0.3, 0.4) is 0 Å². The van der Waals surface area contributed by atoms with E-state index in [0.29, 0.717) is 18.0 Å².